The van der Waals surface area contributed by atoms with Crippen LogP contribution in [0, 0.1) is 0 Å². The third-order valence-electron chi connectivity index (χ3n) is 1.71. The van der Waals surface area contributed by atoms with Crippen molar-refractivity contribution in [2.45, 2.75) is 20.0 Å². The molecular weight excluding hydrogens is 230 g/mol. The fourth-order valence-corrected chi connectivity index (χ4v) is 1.65. The van der Waals surface area contributed by atoms with Crippen LogP contribution in [0.25, 0.3) is 0 Å². The number of aromatic nitrogens is 1. The summed E-state index contributed by atoms with van der Waals surface area (Å²) in [5.74, 6) is -0.998. The van der Waals surface area contributed by atoms with Crippen LogP contribution < -0.4 is 0 Å². The molecule has 0 saturated heterocycles. The first-order chi connectivity index (χ1) is 7.74. The molecule has 90 valence electrons. The van der Waals surface area contributed by atoms with Crippen molar-refractivity contribution in [2.75, 3.05) is 19.8 Å². The molecule has 1 rings (SSSR count). The van der Waals surface area contributed by atoms with Gasteiger partial charge in [0.15, 0.2) is 0 Å². The molecule has 1 aromatic heterocycles. The molecule has 0 unspecified atom stereocenters. The Bertz CT molecular complexity index is 326. The molecule has 0 saturated carbocycles. The zero-order chi connectivity index (χ0) is 11.8. The number of thiazole rings is 1. The van der Waals surface area contributed by atoms with Crippen molar-refractivity contribution >= 4 is 17.3 Å². The molecule has 0 radical (unpaired) electrons. The van der Waals surface area contributed by atoms with Gasteiger partial charge in [-0.05, 0) is 6.42 Å². The summed E-state index contributed by atoms with van der Waals surface area (Å²) < 4.78 is 10.5. The molecule has 1 heterocycles. The molecule has 6 heteroatoms. The minimum atomic E-state index is -0.998. The van der Waals surface area contributed by atoms with Crippen LogP contribution in [0.15, 0.2) is 5.38 Å². The average Bonchev–Trinajstić information content (AvgIpc) is 2.72. The zero-order valence-electron chi connectivity index (χ0n) is 9.14. The summed E-state index contributed by atoms with van der Waals surface area (Å²) in [6.45, 7) is 4.18. The van der Waals surface area contributed by atoms with Crippen LogP contribution in [0.4, 0.5) is 0 Å². The Labute approximate surface area is 98.0 Å². The van der Waals surface area contributed by atoms with Crippen molar-refractivity contribution in [3.8, 4) is 0 Å². The van der Waals surface area contributed by atoms with Crippen molar-refractivity contribution in [1.29, 1.82) is 0 Å². The van der Waals surface area contributed by atoms with E-state index in [1.165, 1.54) is 0 Å². The number of carboxylic acid groups (broad SMARTS) is 1. The predicted octanol–water partition coefficient (Wildman–Crippen LogP) is 1.78. The van der Waals surface area contributed by atoms with Crippen LogP contribution in [0.2, 0.25) is 0 Å². The van der Waals surface area contributed by atoms with Gasteiger partial charge in [0.2, 0.25) is 5.01 Å². The molecule has 0 aromatic carbocycles. The van der Waals surface area contributed by atoms with Gasteiger partial charge < -0.3 is 14.6 Å². The lowest BCUT2D eigenvalue weighted by atomic mass is 10.5. The maximum atomic E-state index is 10.5. The van der Waals surface area contributed by atoms with Crippen molar-refractivity contribution in [3.05, 3.63) is 16.1 Å². The fourth-order valence-electron chi connectivity index (χ4n) is 1.01. The smallest absolute Gasteiger partial charge is 0.365 e. The highest BCUT2D eigenvalue weighted by molar-refractivity contribution is 7.11. The normalized spacial score (nSPS) is 10.6. The summed E-state index contributed by atoms with van der Waals surface area (Å²) in [5.41, 5.74) is 0.651. The predicted molar refractivity (Wildman–Crippen MR) is 59.8 cm³/mol. The Balaban J connectivity index is 2.14. The molecule has 1 N–H and O–H groups in total. The lowest BCUT2D eigenvalue weighted by Crippen LogP contribution is -2.05. The molecule has 0 aliphatic carbocycles. The van der Waals surface area contributed by atoms with E-state index in [4.69, 9.17) is 14.6 Å². The number of rotatable bonds is 8. The number of nitrogens with zero attached hydrogens (tertiary/aromatic N) is 1. The molecule has 0 atom stereocenters. The van der Waals surface area contributed by atoms with Gasteiger partial charge in [0.05, 0.1) is 25.5 Å². The third-order valence-corrected chi connectivity index (χ3v) is 2.58. The van der Waals surface area contributed by atoms with Crippen LogP contribution in [0.3, 0.4) is 0 Å². The van der Waals surface area contributed by atoms with Gasteiger partial charge >= 0.3 is 5.97 Å². The van der Waals surface area contributed by atoms with Crippen molar-refractivity contribution in [2.24, 2.45) is 0 Å². The standard InChI is InChI=1S/C10H15NO4S/c1-2-3-14-4-5-15-6-8-7-16-9(11-8)10(12)13/h7H,2-6H2,1H3,(H,12,13). The zero-order valence-corrected chi connectivity index (χ0v) is 9.96. The van der Waals surface area contributed by atoms with Crippen LogP contribution in [0.5, 0.6) is 0 Å². The Morgan fingerprint density at radius 1 is 1.44 bits per heavy atom. The van der Waals surface area contributed by atoms with Gasteiger partial charge in [-0.1, -0.05) is 6.92 Å². The molecular formula is C10H15NO4S. The number of carboxylic acids is 1. The Kier molecular flexibility index (Phi) is 5.99. The largest absolute Gasteiger partial charge is 0.476 e. The van der Waals surface area contributed by atoms with Crippen LogP contribution in [-0.2, 0) is 16.1 Å². The number of aromatic carboxylic acids is 1. The molecule has 0 aliphatic heterocycles. The first-order valence-electron chi connectivity index (χ1n) is 5.07. The van der Waals surface area contributed by atoms with E-state index in [0.717, 1.165) is 24.4 Å². The maximum Gasteiger partial charge on any atom is 0.365 e. The molecule has 0 amide bonds. The van der Waals surface area contributed by atoms with E-state index in [-0.39, 0.29) is 5.01 Å². The summed E-state index contributed by atoms with van der Waals surface area (Å²) >= 11 is 1.11. The summed E-state index contributed by atoms with van der Waals surface area (Å²) in [6, 6.07) is 0. The second-order valence-corrected chi connectivity index (χ2v) is 3.97. The highest BCUT2D eigenvalue weighted by Gasteiger charge is 2.08. The Hall–Kier alpha value is -0.980. The number of hydrogen-bond acceptors (Lipinski definition) is 5. The highest BCUT2D eigenvalue weighted by Crippen LogP contribution is 2.10. The molecule has 5 nitrogen and oxygen atoms in total. The summed E-state index contributed by atoms with van der Waals surface area (Å²) in [4.78, 5) is 14.4. The van der Waals surface area contributed by atoms with Crippen molar-refractivity contribution in [1.82, 2.24) is 4.98 Å². The van der Waals surface area contributed by atoms with Gasteiger partial charge in [-0.2, -0.15) is 0 Å². The van der Waals surface area contributed by atoms with E-state index in [9.17, 15) is 4.79 Å². The fraction of sp³-hybridized carbons (Fsp3) is 0.600. The minimum Gasteiger partial charge on any atom is -0.476 e. The highest BCUT2D eigenvalue weighted by atomic mass is 32.1. The molecule has 0 aliphatic rings. The van der Waals surface area contributed by atoms with Gasteiger partial charge in [0.25, 0.3) is 0 Å². The second-order valence-electron chi connectivity index (χ2n) is 3.11. The van der Waals surface area contributed by atoms with Gasteiger partial charge in [0.1, 0.15) is 0 Å². The molecule has 0 fully saturated rings. The maximum absolute atomic E-state index is 10.5. The van der Waals surface area contributed by atoms with Crippen LogP contribution >= 0.6 is 11.3 Å². The van der Waals surface area contributed by atoms with Gasteiger partial charge in [0, 0.05) is 12.0 Å². The molecule has 0 spiro atoms. The van der Waals surface area contributed by atoms with Crippen LogP contribution in [-0.4, -0.2) is 35.9 Å². The minimum absolute atomic E-state index is 0.0980. The monoisotopic (exact) mass is 245 g/mol. The second kappa shape index (κ2) is 7.32. The first kappa shape index (κ1) is 13.1. The van der Waals surface area contributed by atoms with E-state index in [1.54, 1.807) is 5.38 Å². The summed E-state index contributed by atoms with van der Waals surface area (Å²) in [7, 11) is 0. The van der Waals surface area contributed by atoms with E-state index in [1.807, 2.05) is 6.92 Å². The number of ether oxygens (including phenoxy) is 2. The SMILES string of the molecule is CCCOCCOCc1csc(C(=O)O)n1. The van der Waals surface area contributed by atoms with E-state index < -0.39 is 5.97 Å². The topological polar surface area (TPSA) is 68.7 Å². The molecule has 1 aromatic rings. The number of carbonyl (C=O) groups is 1. The molecule has 16 heavy (non-hydrogen) atoms. The van der Waals surface area contributed by atoms with Crippen LogP contribution in [0.1, 0.15) is 28.8 Å². The van der Waals surface area contributed by atoms with Gasteiger partial charge in [-0.3, -0.25) is 0 Å². The van der Waals surface area contributed by atoms with Gasteiger partial charge in [-0.25, -0.2) is 9.78 Å². The quantitative estimate of drug-likeness (QED) is 0.707. The molecule has 0 bridgehead atoms. The Morgan fingerprint density at radius 3 is 2.81 bits per heavy atom. The van der Waals surface area contributed by atoms with Crippen molar-refractivity contribution in [3.63, 3.8) is 0 Å². The first-order valence-corrected chi connectivity index (χ1v) is 5.95. The Morgan fingerprint density at radius 2 is 2.19 bits per heavy atom. The van der Waals surface area contributed by atoms with Gasteiger partial charge in [-0.15, -0.1) is 11.3 Å². The lowest BCUT2D eigenvalue weighted by molar-refractivity contribution is 0.0398. The third kappa shape index (κ3) is 4.69. The van der Waals surface area contributed by atoms with E-state index >= 15 is 0 Å². The van der Waals surface area contributed by atoms with Crippen molar-refractivity contribution < 1.29 is 19.4 Å². The average molecular weight is 245 g/mol. The number of hydrogen-bond donors (Lipinski definition) is 1. The summed E-state index contributed by atoms with van der Waals surface area (Å²) in [6.07, 6.45) is 0.994. The van der Waals surface area contributed by atoms with E-state index in [0.29, 0.717) is 25.5 Å². The lowest BCUT2D eigenvalue weighted by Gasteiger charge is -2.02. The van der Waals surface area contributed by atoms with E-state index in [2.05, 4.69) is 4.98 Å². The summed E-state index contributed by atoms with van der Waals surface area (Å²) in [5, 5.41) is 10.4.